The largest absolute Gasteiger partial charge is 0.493 e. The van der Waals surface area contributed by atoms with Crippen molar-refractivity contribution >= 4 is 11.6 Å². The van der Waals surface area contributed by atoms with Crippen LogP contribution in [0.5, 0.6) is 17.2 Å². The van der Waals surface area contributed by atoms with Crippen molar-refractivity contribution in [3.05, 3.63) is 59.4 Å². The van der Waals surface area contributed by atoms with E-state index in [1.807, 2.05) is 42.5 Å². The Bertz CT molecular complexity index is 930. The first-order valence-electron chi connectivity index (χ1n) is 9.62. The Balaban J connectivity index is 1.37. The topological polar surface area (TPSA) is 88.6 Å². The van der Waals surface area contributed by atoms with Gasteiger partial charge in [0.25, 0.3) is 0 Å². The minimum absolute atomic E-state index is 0.204. The van der Waals surface area contributed by atoms with Crippen molar-refractivity contribution in [1.29, 1.82) is 0 Å². The molecule has 0 aliphatic heterocycles. The minimum Gasteiger partial charge on any atom is -0.493 e. The van der Waals surface area contributed by atoms with E-state index < -0.39 is 6.10 Å². The van der Waals surface area contributed by atoms with Gasteiger partial charge in [0.2, 0.25) is 0 Å². The lowest BCUT2D eigenvalue weighted by Crippen LogP contribution is -2.32. The van der Waals surface area contributed by atoms with E-state index in [4.69, 9.17) is 25.8 Å². The number of rotatable bonds is 11. The van der Waals surface area contributed by atoms with Gasteiger partial charge >= 0.3 is 0 Å². The van der Waals surface area contributed by atoms with Gasteiger partial charge in [0.1, 0.15) is 29.4 Å². The lowest BCUT2D eigenvalue weighted by atomic mass is 10.1. The van der Waals surface area contributed by atoms with Crippen LogP contribution in [0.1, 0.15) is 5.56 Å². The number of nitrogens with one attached hydrogen (secondary N) is 2. The van der Waals surface area contributed by atoms with Gasteiger partial charge < -0.3 is 29.6 Å². The molecule has 1 aromatic heterocycles. The average molecular weight is 432 g/mol. The Labute approximate surface area is 181 Å². The normalized spacial score (nSPS) is 11.9. The second-order valence-electron chi connectivity index (χ2n) is 6.71. The van der Waals surface area contributed by atoms with Crippen LogP contribution in [0.4, 0.5) is 0 Å². The zero-order chi connectivity index (χ0) is 21.3. The molecule has 3 aromatic rings. The molecule has 0 amide bonds. The number of aromatic nitrogens is 2. The van der Waals surface area contributed by atoms with E-state index >= 15 is 0 Å². The van der Waals surface area contributed by atoms with Crippen molar-refractivity contribution in [3.63, 3.8) is 0 Å². The molecule has 0 aliphatic carbocycles. The smallest absolute Gasteiger partial charge is 0.160 e. The monoisotopic (exact) mass is 431 g/mol. The zero-order valence-corrected chi connectivity index (χ0v) is 17.8. The fourth-order valence-electron chi connectivity index (χ4n) is 2.94. The molecule has 0 saturated carbocycles. The molecule has 3 N–H and O–H groups in total. The van der Waals surface area contributed by atoms with Crippen LogP contribution in [0.25, 0.3) is 11.4 Å². The summed E-state index contributed by atoms with van der Waals surface area (Å²) in [6, 6.07) is 13.3. The van der Waals surface area contributed by atoms with Crippen LogP contribution in [0.3, 0.4) is 0 Å². The summed E-state index contributed by atoms with van der Waals surface area (Å²) in [5, 5.41) is 13.9. The number of halogens is 1. The van der Waals surface area contributed by atoms with Crippen molar-refractivity contribution in [2.24, 2.45) is 0 Å². The van der Waals surface area contributed by atoms with Crippen LogP contribution >= 0.6 is 11.6 Å². The maximum Gasteiger partial charge on any atom is 0.160 e. The molecular weight excluding hydrogens is 406 g/mol. The van der Waals surface area contributed by atoms with Crippen LogP contribution in [0.15, 0.2) is 48.7 Å². The molecule has 2 aromatic carbocycles. The molecule has 0 fully saturated rings. The maximum atomic E-state index is 10.1. The quantitative estimate of drug-likeness (QED) is 0.404. The number of imidazole rings is 1. The fraction of sp³-hybridized carbons (Fsp3) is 0.318. The second-order valence-corrected chi connectivity index (χ2v) is 7.12. The molecule has 160 valence electrons. The van der Waals surface area contributed by atoms with Gasteiger partial charge in [-0.05, 0) is 54.9 Å². The van der Waals surface area contributed by atoms with Crippen LogP contribution in [-0.4, -0.2) is 55.1 Å². The molecular formula is C22H26ClN3O4. The average Bonchev–Trinajstić information content (AvgIpc) is 3.21. The highest BCUT2D eigenvalue weighted by Crippen LogP contribution is 2.27. The van der Waals surface area contributed by atoms with Crippen molar-refractivity contribution in [1.82, 2.24) is 15.3 Å². The lowest BCUT2D eigenvalue weighted by molar-refractivity contribution is 0.106. The fourth-order valence-corrected chi connectivity index (χ4v) is 3.08. The summed E-state index contributed by atoms with van der Waals surface area (Å²) in [5.41, 5.74) is 2.04. The van der Waals surface area contributed by atoms with Gasteiger partial charge in [-0.15, -0.1) is 0 Å². The SMILES string of the molecule is COc1ccc(CCNC[C@H](O)COc2ccc(-c3ncc(Cl)[nH]3)cc2)cc1OC. The van der Waals surface area contributed by atoms with Gasteiger partial charge in [0.15, 0.2) is 11.5 Å². The lowest BCUT2D eigenvalue weighted by Gasteiger charge is -2.14. The van der Waals surface area contributed by atoms with E-state index in [0.717, 1.165) is 24.1 Å². The third-order valence-electron chi connectivity index (χ3n) is 4.53. The summed E-state index contributed by atoms with van der Waals surface area (Å²) in [6.07, 6.45) is 1.76. The summed E-state index contributed by atoms with van der Waals surface area (Å²) in [7, 11) is 3.24. The highest BCUT2D eigenvalue weighted by atomic mass is 35.5. The molecule has 0 bridgehead atoms. The maximum absolute atomic E-state index is 10.1. The number of aliphatic hydroxyl groups is 1. The van der Waals surface area contributed by atoms with E-state index in [0.29, 0.717) is 34.8 Å². The highest BCUT2D eigenvalue weighted by Gasteiger charge is 2.08. The van der Waals surface area contributed by atoms with E-state index in [-0.39, 0.29) is 6.61 Å². The van der Waals surface area contributed by atoms with Gasteiger partial charge in [-0.2, -0.15) is 0 Å². The number of hydrogen-bond donors (Lipinski definition) is 3. The van der Waals surface area contributed by atoms with Crippen LogP contribution in [-0.2, 0) is 6.42 Å². The third kappa shape index (κ3) is 6.13. The Morgan fingerprint density at radius 1 is 1.10 bits per heavy atom. The third-order valence-corrected chi connectivity index (χ3v) is 4.73. The molecule has 0 spiro atoms. The first-order valence-corrected chi connectivity index (χ1v) is 10.00. The molecule has 0 unspecified atom stereocenters. The van der Waals surface area contributed by atoms with Crippen LogP contribution < -0.4 is 19.5 Å². The molecule has 1 heterocycles. The molecule has 7 nitrogen and oxygen atoms in total. The predicted molar refractivity (Wildman–Crippen MR) is 117 cm³/mol. The van der Waals surface area contributed by atoms with Gasteiger partial charge in [-0.25, -0.2) is 4.98 Å². The van der Waals surface area contributed by atoms with E-state index in [2.05, 4.69) is 15.3 Å². The summed E-state index contributed by atoms with van der Waals surface area (Å²) >= 11 is 5.85. The molecule has 0 aliphatic rings. The van der Waals surface area contributed by atoms with Gasteiger partial charge in [0.05, 0.1) is 20.4 Å². The zero-order valence-electron chi connectivity index (χ0n) is 17.0. The van der Waals surface area contributed by atoms with Gasteiger partial charge in [-0.3, -0.25) is 0 Å². The summed E-state index contributed by atoms with van der Waals surface area (Å²) < 4.78 is 16.2. The Morgan fingerprint density at radius 2 is 1.87 bits per heavy atom. The van der Waals surface area contributed by atoms with Crippen molar-refractivity contribution in [2.45, 2.75) is 12.5 Å². The Morgan fingerprint density at radius 3 is 2.53 bits per heavy atom. The second kappa shape index (κ2) is 10.9. The van der Waals surface area contributed by atoms with E-state index in [9.17, 15) is 5.11 Å². The molecule has 3 rings (SSSR count). The summed E-state index contributed by atoms with van der Waals surface area (Å²) in [5.74, 6) is 2.80. The van der Waals surface area contributed by atoms with Crippen molar-refractivity contribution < 1.29 is 19.3 Å². The number of H-pyrrole nitrogens is 1. The number of benzene rings is 2. The predicted octanol–water partition coefficient (Wildman–Crippen LogP) is 3.32. The number of nitrogens with zero attached hydrogens (tertiary/aromatic N) is 1. The van der Waals surface area contributed by atoms with Crippen LogP contribution in [0.2, 0.25) is 5.15 Å². The first kappa shape index (κ1) is 22.0. The summed E-state index contributed by atoms with van der Waals surface area (Å²) in [4.78, 5) is 7.15. The number of methoxy groups -OCH3 is 2. The Hall–Kier alpha value is -2.74. The molecule has 30 heavy (non-hydrogen) atoms. The number of hydrogen-bond acceptors (Lipinski definition) is 6. The molecule has 1 atom stereocenters. The van der Waals surface area contributed by atoms with Gasteiger partial charge in [-0.1, -0.05) is 17.7 Å². The van der Waals surface area contributed by atoms with E-state index in [1.165, 1.54) is 0 Å². The van der Waals surface area contributed by atoms with Crippen molar-refractivity contribution in [2.75, 3.05) is 33.9 Å². The Kier molecular flexibility index (Phi) is 7.96. The number of aliphatic hydroxyl groups excluding tert-OH is 1. The van der Waals surface area contributed by atoms with E-state index in [1.54, 1.807) is 20.4 Å². The number of aromatic amines is 1. The standard InChI is InChI=1S/C22H26ClN3O4/c1-28-19-8-3-15(11-20(19)29-2)9-10-24-12-17(27)14-30-18-6-4-16(5-7-18)22-25-13-21(23)26-22/h3-8,11,13,17,24,27H,9-10,12,14H2,1-2H3,(H,25,26)/t17-/m0/s1. The summed E-state index contributed by atoms with van der Waals surface area (Å²) in [6.45, 7) is 1.37. The number of ether oxygens (including phenoxy) is 3. The minimum atomic E-state index is -0.612. The molecule has 0 radical (unpaired) electrons. The molecule has 0 saturated heterocycles. The highest BCUT2D eigenvalue weighted by molar-refractivity contribution is 6.29. The van der Waals surface area contributed by atoms with Gasteiger partial charge in [0, 0.05) is 12.1 Å². The van der Waals surface area contributed by atoms with Crippen molar-refractivity contribution in [3.8, 4) is 28.6 Å². The van der Waals surface area contributed by atoms with Crippen LogP contribution in [0, 0.1) is 0 Å². The molecule has 8 heteroatoms. The first-order chi connectivity index (χ1) is 14.6.